The Hall–Kier alpha value is -2.94. The zero-order valence-corrected chi connectivity index (χ0v) is 16.3. The zero-order valence-electron chi connectivity index (χ0n) is 14.8. The van der Waals surface area contributed by atoms with Crippen LogP contribution in [-0.2, 0) is 0 Å². The van der Waals surface area contributed by atoms with E-state index in [2.05, 4.69) is 15.1 Å². The highest BCUT2D eigenvalue weighted by Gasteiger charge is 2.30. The molecule has 2 heterocycles. The molecule has 0 saturated heterocycles. The first-order valence-corrected chi connectivity index (χ1v) is 9.16. The monoisotopic (exact) mass is 451 g/mol. The van der Waals surface area contributed by atoms with Crippen molar-refractivity contribution in [1.82, 2.24) is 15.1 Å². The molecule has 5 nitrogen and oxygen atoms in total. The van der Waals surface area contributed by atoms with Gasteiger partial charge in [0.1, 0.15) is 40.7 Å². The SMILES string of the molecule is OC(c1cncnc1Cl)c1c(-c2ccc(Cl)cc2F)noc1-c1ccc(F)cc1F. The molecule has 0 radical (unpaired) electrons. The van der Waals surface area contributed by atoms with E-state index in [0.29, 0.717) is 6.07 Å². The third-order valence-corrected chi connectivity index (χ3v) is 4.90. The topological polar surface area (TPSA) is 72.0 Å². The van der Waals surface area contributed by atoms with Gasteiger partial charge in [-0.05, 0) is 30.3 Å². The highest BCUT2D eigenvalue weighted by Crippen LogP contribution is 2.41. The molecule has 0 aliphatic carbocycles. The van der Waals surface area contributed by atoms with E-state index >= 15 is 0 Å². The summed E-state index contributed by atoms with van der Waals surface area (Å²) in [7, 11) is 0. The molecule has 2 aromatic carbocycles. The minimum absolute atomic E-state index is 0.0565. The summed E-state index contributed by atoms with van der Waals surface area (Å²) in [6, 6.07) is 6.58. The lowest BCUT2D eigenvalue weighted by Gasteiger charge is -2.14. The molecular formula is C20H10Cl2F3N3O2. The van der Waals surface area contributed by atoms with Crippen LogP contribution in [-0.4, -0.2) is 20.2 Å². The molecule has 1 unspecified atom stereocenters. The van der Waals surface area contributed by atoms with Crippen LogP contribution < -0.4 is 0 Å². The molecule has 4 rings (SSSR count). The summed E-state index contributed by atoms with van der Waals surface area (Å²) >= 11 is 11.9. The van der Waals surface area contributed by atoms with Crippen LogP contribution in [0.4, 0.5) is 13.2 Å². The van der Waals surface area contributed by atoms with Gasteiger partial charge in [0.25, 0.3) is 0 Å². The third-order valence-electron chi connectivity index (χ3n) is 4.35. The fourth-order valence-corrected chi connectivity index (χ4v) is 3.31. The smallest absolute Gasteiger partial charge is 0.176 e. The van der Waals surface area contributed by atoms with Crippen LogP contribution in [0, 0.1) is 17.5 Å². The second kappa shape index (κ2) is 8.06. The average Bonchev–Trinajstić information content (AvgIpc) is 3.12. The van der Waals surface area contributed by atoms with Crippen LogP contribution in [0.3, 0.4) is 0 Å². The molecule has 2 aromatic heterocycles. The van der Waals surface area contributed by atoms with Gasteiger partial charge in [0.2, 0.25) is 0 Å². The Morgan fingerprint density at radius 2 is 1.70 bits per heavy atom. The maximum absolute atomic E-state index is 14.6. The Kier molecular flexibility index (Phi) is 5.46. The van der Waals surface area contributed by atoms with Gasteiger partial charge in [-0.15, -0.1) is 0 Å². The normalized spacial score (nSPS) is 12.2. The van der Waals surface area contributed by atoms with Crippen molar-refractivity contribution in [2.75, 3.05) is 0 Å². The standard InChI is InChI=1S/C20H10Cl2F3N3O2/c21-9-1-3-11(14(24)5-9)17-16(18(29)13-7-26-8-27-20(13)22)19(30-28-17)12-4-2-10(23)6-15(12)25/h1-8,18,29H. The van der Waals surface area contributed by atoms with Gasteiger partial charge in [-0.25, -0.2) is 23.1 Å². The molecule has 10 heteroatoms. The lowest BCUT2D eigenvalue weighted by molar-refractivity contribution is 0.219. The highest BCUT2D eigenvalue weighted by molar-refractivity contribution is 6.30. The molecule has 0 aliphatic rings. The number of halogens is 5. The first-order chi connectivity index (χ1) is 14.4. The average molecular weight is 452 g/mol. The van der Waals surface area contributed by atoms with Gasteiger partial charge in [0.15, 0.2) is 5.76 Å². The zero-order chi connectivity index (χ0) is 21.4. The van der Waals surface area contributed by atoms with Crippen LogP contribution in [0.2, 0.25) is 10.2 Å². The number of nitrogens with zero attached hydrogens (tertiary/aromatic N) is 3. The van der Waals surface area contributed by atoms with E-state index in [-0.39, 0.29) is 43.9 Å². The molecule has 0 saturated carbocycles. The van der Waals surface area contributed by atoms with E-state index < -0.39 is 23.6 Å². The number of aromatic nitrogens is 3. The van der Waals surface area contributed by atoms with E-state index in [9.17, 15) is 18.3 Å². The Labute approximate surface area is 177 Å². The maximum atomic E-state index is 14.6. The van der Waals surface area contributed by atoms with Gasteiger partial charge in [-0.1, -0.05) is 28.4 Å². The van der Waals surface area contributed by atoms with E-state index in [1.807, 2.05) is 0 Å². The minimum atomic E-state index is -1.56. The second-order valence-corrected chi connectivity index (χ2v) is 6.99. The summed E-state index contributed by atoms with van der Waals surface area (Å²) in [6.07, 6.45) is 0.862. The Balaban J connectivity index is 1.98. The van der Waals surface area contributed by atoms with Gasteiger partial charge >= 0.3 is 0 Å². The van der Waals surface area contributed by atoms with Crippen LogP contribution >= 0.6 is 23.2 Å². The van der Waals surface area contributed by atoms with Crippen molar-refractivity contribution in [2.24, 2.45) is 0 Å². The molecule has 0 spiro atoms. The van der Waals surface area contributed by atoms with Crippen LogP contribution in [0.15, 0.2) is 53.4 Å². The number of hydrogen-bond acceptors (Lipinski definition) is 5. The number of rotatable bonds is 4. The van der Waals surface area contributed by atoms with Gasteiger partial charge < -0.3 is 9.63 Å². The van der Waals surface area contributed by atoms with Gasteiger partial charge in [-0.2, -0.15) is 0 Å². The summed E-state index contributed by atoms with van der Waals surface area (Å²) in [5.41, 5.74) is -0.402. The van der Waals surface area contributed by atoms with Gasteiger partial charge in [0, 0.05) is 28.4 Å². The van der Waals surface area contributed by atoms with Crippen molar-refractivity contribution >= 4 is 23.2 Å². The Morgan fingerprint density at radius 1 is 0.967 bits per heavy atom. The number of hydrogen-bond donors (Lipinski definition) is 1. The highest BCUT2D eigenvalue weighted by atomic mass is 35.5. The quantitative estimate of drug-likeness (QED) is 0.408. The molecular weight excluding hydrogens is 442 g/mol. The van der Waals surface area contributed by atoms with Crippen molar-refractivity contribution < 1.29 is 22.8 Å². The first-order valence-electron chi connectivity index (χ1n) is 8.40. The lowest BCUT2D eigenvalue weighted by Crippen LogP contribution is -2.05. The molecule has 152 valence electrons. The maximum Gasteiger partial charge on any atom is 0.176 e. The third kappa shape index (κ3) is 3.65. The number of aliphatic hydroxyl groups is 1. The molecule has 30 heavy (non-hydrogen) atoms. The second-order valence-electron chi connectivity index (χ2n) is 6.19. The Bertz CT molecular complexity index is 1180. The summed E-state index contributed by atoms with van der Waals surface area (Å²) in [6.45, 7) is 0. The van der Waals surface area contributed by atoms with Gasteiger partial charge in [-0.3, -0.25) is 0 Å². The summed E-state index contributed by atoms with van der Waals surface area (Å²) in [5.74, 6) is -2.74. The molecule has 4 aromatic rings. The number of aliphatic hydroxyl groups excluding tert-OH is 1. The van der Waals surface area contributed by atoms with Crippen molar-refractivity contribution in [3.8, 4) is 22.6 Å². The van der Waals surface area contributed by atoms with E-state index in [1.54, 1.807) is 0 Å². The molecule has 0 bridgehead atoms. The van der Waals surface area contributed by atoms with Crippen LogP contribution in [0.1, 0.15) is 17.2 Å². The summed E-state index contributed by atoms with van der Waals surface area (Å²) in [5, 5.41) is 14.9. The molecule has 1 atom stereocenters. The predicted octanol–water partition coefficient (Wildman–Crippen LogP) is 5.60. The fraction of sp³-hybridized carbons (Fsp3) is 0.0500. The molecule has 1 N–H and O–H groups in total. The minimum Gasteiger partial charge on any atom is -0.383 e. The van der Waals surface area contributed by atoms with Crippen molar-refractivity contribution in [2.45, 2.75) is 6.10 Å². The van der Waals surface area contributed by atoms with Crippen LogP contribution in [0.25, 0.3) is 22.6 Å². The van der Waals surface area contributed by atoms with Gasteiger partial charge in [0.05, 0.1) is 11.1 Å². The number of benzene rings is 2. The van der Waals surface area contributed by atoms with Crippen molar-refractivity contribution in [3.63, 3.8) is 0 Å². The molecule has 0 aliphatic heterocycles. The van der Waals surface area contributed by atoms with E-state index in [4.69, 9.17) is 27.7 Å². The molecule has 0 amide bonds. The fourth-order valence-electron chi connectivity index (χ4n) is 2.96. The molecule has 0 fully saturated rings. The van der Waals surface area contributed by atoms with Crippen molar-refractivity contribution in [3.05, 3.63) is 87.7 Å². The van der Waals surface area contributed by atoms with Crippen LogP contribution in [0.5, 0.6) is 0 Å². The lowest BCUT2D eigenvalue weighted by atomic mass is 9.95. The van der Waals surface area contributed by atoms with E-state index in [0.717, 1.165) is 18.2 Å². The van der Waals surface area contributed by atoms with Crippen molar-refractivity contribution in [1.29, 1.82) is 0 Å². The predicted molar refractivity (Wildman–Crippen MR) is 103 cm³/mol. The Morgan fingerprint density at radius 3 is 2.40 bits per heavy atom. The first kappa shape index (κ1) is 20.3. The largest absolute Gasteiger partial charge is 0.383 e. The summed E-state index contributed by atoms with van der Waals surface area (Å²) in [4.78, 5) is 7.62. The summed E-state index contributed by atoms with van der Waals surface area (Å²) < 4.78 is 47.7. The van der Waals surface area contributed by atoms with E-state index in [1.165, 1.54) is 24.7 Å².